The van der Waals surface area contributed by atoms with Gasteiger partial charge in [-0.3, -0.25) is 4.72 Å². The molecule has 2 aromatic carbocycles. The van der Waals surface area contributed by atoms with E-state index < -0.39 is 21.8 Å². The number of halogens is 4. The lowest BCUT2D eigenvalue weighted by molar-refractivity contribution is -0.137. The van der Waals surface area contributed by atoms with Crippen LogP contribution in [-0.2, 0) is 22.6 Å². The monoisotopic (exact) mass is 420 g/mol. The number of anilines is 2. The fourth-order valence-electron chi connectivity index (χ4n) is 2.47. The highest BCUT2D eigenvalue weighted by Crippen LogP contribution is 2.34. The van der Waals surface area contributed by atoms with Crippen LogP contribution in [0.25, 0.3) is 0 Å². The molecule has 1 aliphatic heterocycles. The zero-order chi connectivity index (χ0) is 17.5. The Kier molecular flexibility index (Phi) is 4.25. The van der Waals surface area contributed by atoms with E-state index in [1.54, 1.807) is 6.07 Å². The molecular weight excluding hydrogens is 409 g/mol. The first-order valence-corrected chi connectivity index (χ1v) is 9.21. The molecule has 0 bridgehead atoms. The van der Waals surface area contributed by atoms with Crippen LogP contribution in [0.4, 0.5) is 24.5 Å². The van der Waals surface area contributed by atoms with Gasteiger partial charge < -0.3 is 5.32 Å². The SMILES string of the molecule is O=S(=O)(Nc1cccc(C(F)(F)F)c1)c1cc2c(cc1Br)CCN2. The van der Waals surface area contributed by atoms with Crippen LogP contribution in [0.5, 0.6) is 0 Å². The Bertz CT molecular complexity index is 898. The number of hydrogen-bond donors (Lipinski definition) is 2. The lowest BCUT2D eigenvalue weighted by Gasteiger charge is -2.13. The summed E-state index contributed by atoms with van der Waals surface area (Å²) in [5, 5.41) is 3.07. The summed E-state index contributed by atoms with van der Waals surface area (Å²) < 4.78 is 65.9. The van der Waals surface area contributed by atoms with E-state index >= 15 is 0 Å². The van der Waals surface area contributed by atoms with Gasteiger partial charge in [-0.15, -0.1) is 0 Å². The molecule has 0 fully saturated rings. The molecule has 1 aliphatic rings. The zero-order valence-electron chi connectivity index (χ0n) is 12.1. The molecule has 0 saturated carbocycles. The van der Waals surface area contributed by atoms with Crippen LogP contribution in [-0.4, -0.2) is 15.0 Å². The zero-order valence-corrected chi connectivity index (χ0v) is 14.5. The van der Waals surface area contributed by atoms with E-state index in [2.05, 4.69) is 26.0 Å². The molecule has 0 saturated heterocycles. The van der Waals surface area contributed by atoms with Crippen LogP contribution in [0.1, 0.15) is 11.1 Å². The molecule has 1 heterocycles. The normalized spacial score (nSPS) is 14.2. The Morgan fingerprint density at radius 3 is 2.62 bits per heavy atom. The van der Waals surface area contributed by atoms with Gasteiger partial charge in [-0.05, 0) is 58.2 Å². The first-order chi connectivity index (χ1) is 11.2. The lowest BCUT2D eigenvalue weighted by atomic mass is 10.2. The minimum atomic E-state index is -4.54. The van der Waals surface area contributed by atoms with E-state index in [1.165, 1.54) is 12.1 Å². The van der Waals surface area contributed by atoms with Crippen molar-refractivity contribution in [2.24, 2.45) is 0 Å². The second-order valence-corrected chi connectivity index (χ2v) is 7.81. The van der Waals surface area contributed by atoms with Crippen molar-refractivity contribution in [3.63, 3.8) is 0 Å². The van der Waals surface area contributed by atoms with E-state index in [9.17, 15) is 21.6 Å². The molecule has 0 atom stereocenters. The molecular formula is C15H12BrF3N2O2S. The Morgan fingerprint density at radius 1 is 1.17 bits per heavy atom. The number of nitrogens with one attached hydrogen (secondary N) is 2. The van der Waals surface area contributed by atoms with E-state index in [0.717, 1.165) is 30.2 Å². The molecule has 128 valence electrons. The van der Waals surface area contributed by atoms with Gasteiger partial charge in [0.2, 0.25) is 0 Å². The third kappa shape index (κ3) is 3.36. The summed E-state index contributed by atoms with van der Waals surface area (Å²) in [6.07, 6.45) is -3.76. The Balaban J connectivity index is 1.95. The van der Waals surface area contributed by atoms with Crippen LogP contribution in [0.3, 0.4) is 0 Å². The molecule has 2 aromatic rings. The van der Waals surface area contributed by atoms with Gasteiger partial charge in [0, 0.05) is 22.4 Å². The minimum absolute atomic E-state index is 0.0342. The topological polar surface area (TPSA) is 58.2 Å². The Morgan fingerprint density at radius 2 is 1.92 bits per heavy atom. The van der Waals surface area contributed by atoms with Gasteiger partial charge >= 0.3 is 6.18 Å². The van der Waals surface area contributed by atoms with E-state index in [1.807, 2.05) is 0 Å². The van der Waals surface area contributed by atoms with Crippen molar-refractivity contribution >= 4 is 37.3 Å². The molecule has 2 N–H and O–H groups in total. The van der Waals surface area contributed by atoms with E-state index in [-0.39, 0.29) is 10.6 Å². The summed E-state index contributed by atoms with van der Waals surface area (Å²) in [6, 6.07) is 7.24. The van der Waals surface area contributed by atoms with Gasteiger partial charge in [0.1, 0.15) is 4.90 Å². The van der Waals surface area contributed by atoms with Crippen LogP contribution in [0.15, 0.2) is 45.8 Å². The highest BCUT2D eigenvalue weighted by molar-refractivity contribution is 9.10. The molecule has 0 amide bonds. The van der Waals surface area contributed by atoms with Crippen molar-refractivity contribution in [2.75, 3.05) is 16.6 Å². The largest absolute Gasteiger partial charge is 0.416 e. The Labute approximate surface area is 145 Å². The maximum absolute atomic E-state index is 12.7. The maximum atomic E-state index is 12.7. The minimum Gasteiger partial charge on any atom is -0.384 e. The molecule has 3 rings (SSSR count). The molecule has 0 spiro atoms. The van der Waals surface area contributed by atoms with Crippen molar-refractivity contribution in [2.45, 2.75) is 17.5 Å². The van der Waals surface area contributed by atoms with Crippen molar-refractivity contribution in [3.8, 4) is 0 Å². The van der Waals surface area contributed by atoms with Crippen molar-refractivity contribution < 1.29 is 21.6 Å². The third-order valence-corrected chi connectivity index (χ3v) is 5.94. The van der Waals surface area contributed by atoms with Crippen LogP contribution in [0.2, 0.25) is 0 Å². The molecule has 24 heavy (non-hydrogen) atoms. The number of hydrogen-bond acceptors (Lipinski definition) is 3. The second kappa shape index (κ2) is 5.96. The Hall–Kier alpha value is -1.74. The molecule has 9 heteroatoms. The van der Waals surface area contributed by atoms with Gasteiger partial charge in [0.05, 0.1) is 5.56 Å². The molecule has 0 aromatic heterocycles. The lowest BCUT2D eigenvalue weighted by Crippen LogP contribution is -2.15. The summed E-state index contributed by atoms with van der Waals surface area (Å²) in [7, 11) is -4.03. The summed E-state index contributed by atoms with van der Waals surface area (Å²) in [6.45, 7) is 0.715. The van der Waals surface area contributed by atoms with Gasteiger partial charge in [0.15, 0.2) is 0 Å². The second-order valence-electron chi connectivity index (χ2n) is 5.30. The van der Waals surface area contributed by atoms with Gasteiger partial charge in [-0.25, -0.2) is 8.42 Å². The number of fused-ring (bicyclic) bond motifs is 1. The third-order valence-electron chi connectivity index (χ3n) is 3.60. The molecule has 4 nitrogen and oxygen atoms in total. The average molecular weight is 421 g/mol. The number of sulfonamides is 1. The standard InChI is InChI=1S/C15H12BrF3N2O2S/c16-12-6-9-4-5-20-13(9)8-14(12)24(22,23)21-11-3-1-2-10(7-11)15(17,18)19/h1-3,6-8,20-21H,4-5H2. The van der Waals surface area contributed by atoms with Crippen LogP contribution >= 0.6 is 15.9 Å². The number of benzene rings is 2. The van der Waals surface area contributed by atoms with Crippen molar-refractivity contribution in [1.29, 1.82) is 0 Å². The first-order valence-electron chi connectivity index (χ1n) is 6.93. The highest BCUT2D eigenvalue weighted by atomic mass is 79.9. The van der Waals surface area contributed by atoms with E-state index in [0.29, 0.717) is 16.7 Å². The average Bonchev–Trinajstić information content (AvgIpc) is 2.92. The smallest absolute Gasteiger partial charge is 0.384 e. The predicted molar refractivity (Wildman–Crippen MR) is 88.6 cm³/mol. The quantitative estimate of drug-likeness (QED) is 0.780. The van der Waals surface area contributed by atoms with Gasteiger partial charge in [0.25, 0.3) is 10.0 Å². The summed E-state index contributed by atoms with van der Waals surface area (Å²) in [5.74, 6) is 0. The first kappa shape index (κ1) is 17.1. The summed E-state index contributed by atoms with van der Waals surface area (Å²) in [4.78, 5) is -0.0342. The number of alkyl halides is 3. The fourth-order valence-corrected chi connectivity index (χ4v) is 4.64. The predicted octanol–water partition coefficient (Wildman–Crippen LogP) is 4.24. The summed E-state index contributed by atoms with van der Waals surface area (Å²) >= 11 is 3.22. The van der Waals surface area contributed by atoms with E-state index in [4.69, 9.17) is 0 Å². The molecule has 0 aliphatic carbocycles. The van der Waals surface area contributed by atoms with Crippen molar-refractivity contribution in [3.05, 3.63) is 52.0 Å². The van der Waals surface area contributed by atoms with Crippen LogP contribution < -0.4 is 10.0 Å². The van der Waals surface area contributed by atoms with Gasteiger partial charge in [-0.1, -0.05) is 6.07 Å². The molecule has 0 unspecified atom stereocenters. The fraction of sp³-hybridized carbons (Fsp3) is 0.200. The van der Waals surface area contributed by atoms with Crippen molar-refractivity contribution in [1.82, 2.24) is 0 Å². The summed E-state index contributed by atoms with van der Waals surface area (Å²) in [5.41, 5.74) is 0.630. The number of rotatable bonds is 3. The maximum Gasteiger partial charge on any atom is 0.416 e. The molecule has 0 radical (unpaired) electrons. The highest BCUT2D eigenvalue weighted by Gasteiger charge is 2.31. The van der Waals surface area contributed by atoms with Gasteiger partial charge in [-0.2, -0.15) is 13.2 Å². The van der Waals surface area contributed by atoms with Crippen LogP contribution in [0, 0.1) is 0 Å².